The number of ether oxygens (including phenoxy) is 4. The molecule has 0 radical (unpaired) electrons. The van der Waals surface area contributed by atoms with Crippen molar-refractivity contribution in [3.8, 4) is 17.6 Å². The Labute approximate surface area is 158 Å². The van der Waals surface area contributed by atoms with E-state index in [9.17, 15) is 10.1 Å². The van der Waals surface area contributed by atoms with Crippen LogP contribution in [0.15, 0.2) is 18.2 Å². The van der Waals surface area contributed by atoms with E-state index in [1.54, 1.807) is 7.11 Å². The highest BCUT2D eigenvalue weighted by Gasteiger charge is 2.47. The van der Waals surface area contributed by atoms with Gasteiger partial charge in [-0.25, -0.2) is 4.79 Å². The lowest BCUT2D eigenvalue weighted by molar-refractivity contribution is -0.215. The normalized spacial score (nSPS) is 27.4. The average Bonchev–Trinajstić information content (AvgIpc) is 3.51. The summed E-state index contributed by atoms with van der Waals surface area (Å²) in [5, 5.41) is 18.9. The second kappa shape index (κ2) is 7.65. The largest absolute Gasteiger partial charge is 0.508 e. The van der Waals surface area contributed by atoms with Crippen LogP contribution in [0.1, 0.15) is 44.1 Å². The molecule has 146 valence electrons. The molecule has 7 nitrogen and oxygen atoms in total. The first-order valence-corrected chi connectivity index (χ1v) is 9.15. The SMILES string of the molecule is COc1ccc([C@]2(C#N)CC[C@@](OC)(OC(=O)O)CC2)cc1OCC1CC1. The van der Waals surface area contributed by atoms with Crippen molar-refractivity contribution in [1.29, 1.82) is 5.26 Å². The molecule has 1 aromatic rings. The van der Waals surface area contributed by atoms with Gasteiger partial charge in [-0.2, -0.15) is 5.26 Å². The molecule has 2 saturated carbocycles. The minimum atomic E-state index is -1.37. The molecule has 0 atom stereocenters. The Hall–Kier alpha value is -2.46. The summed E-state index contributed by atoms with van der Waals surface area (Å²) < 4.78 is 21.6. The van der Waals surface area contributed by atoms with Gasteiger partial charge in [0, 0.05) is 20.0 Å². The lowest BCUT2D eigenvalue weighted by atomic mass is 9.68. The molecule has 0 bridgehead atoms. The Kier molecular flexibility index (Phi) is 5.47. The van der Waals surface area contributed by atoms with E-state index < -0.39 is 17.4 Å². The maximum absolute atomic E-state index is 11.0. The van der Waals surface area contributed by atoms with Gasteiger partial charge in [0.15, 0.2) is 11.5 Å². The number of carbonyl (C=O) groups is 1. The number of nitriles is 1. The molecule has 2 aliphatic rings. The predicted molar refractivity (Wildman–Crippen MR) is 95.8 cm³/mol. The van der Waals surface area contributed by atoms with Crippen LogP contribution in [-0.4, -0.2) is 37.9 Å². The lowest BCUT2D eigenvalue weighted by Gasteiger charge is -2.41. The van der Waals surface area contributed by atoms with Gasteiger partial charge < -0.3 is 24.1 Å². The van der Waals surface area contributed by atoms with Gasteiger partial charge in [0.2, 0.25) is 5.79 Å². The highest BCUT2D eigenvalue weighted by Crippen LogP contribution is 2.46. The Morgan fingerprint density at radius 1 is 1.22 bits per heavy atom. The molecule has 2 fully saturated rings. The molecule has 2 aliphatic carbocycles. The van der Waals surface area contributed by atoms with E-state index in [0.717, 1.165) is 5.56 Å². The molecule has 7 heteroatoms. The molecule has 27 heavy (non-hydrogen) atoms. The monoisotopic (exact) mass is 375 g/mol. The number of hydrogen-bond acceptors (Lipinski definition) is 6. The van der Waals surface area contributed by atoms with Crippen LogP contribution < -0.4 is 9.47 Å². The molecular weight excluding hydrogens is 350 g/mol. The predicted octanol–water partition coefficient (Wildman–Crippen LogP) is 3.86. The molecule has 0 aliphatic heterocycles. The quantitative estimate of drug-likeness (QED) is 0.571. The van der Waals surface area contributed by atoms with Gasteiger partial charge in [-0.05, 0) is 49.3 Å². The van der Waals surface area contributed by atoms with Crippen LogP contribution in [0.2, 0.25) is 0 Å². The lowest BCUT2D eigenvalue weighted by Crippen LogP contribution is -2.45. The van der Waals surface area contributed by atoms with Gasteiger partial charge in [0.1, 0.15) is 0 Å². The summed E-state index contributed by atoms with van der Waals surface area (Å²) >= 11 is 0. The van der Waals surface area contributed by atoms with Crippen LogP contribution in [0.3, 0.4) is 0 Å². The van der Waals surface area contributed by atoms with Crippen LogP contribution in [-0.2, 0) is 14.9 Å². The van der Waals surface area contributed by atoms with E-state index in [1.165, 1.54) is 20.0 Å². The molecule has 0 amide bonds. The number of benzene rings is 1. The molecule has 0 aromatic heterocycles. The number of nitrogens with zero attached hydrogens (tertiary/aromatic N) is 1. The first-order valence-electron chi connectivity index (χ1n) is 9.15. The van der Waals surface area contributed by atoms with Crippen molar-refractivity contribution in [2.45, 2.75) is 49.7 Å². The van der Waals surface area contributed by atoms with Crippen molar-refractivity contribution < 1.29 is 28.8 Å². The fourth-order valence-corrected chi connectivity index (χ4v) is 3.61. The van der Waals surface area contributed by atoms with Crippen molar-refractivity contribution in [3.05, 3.63) is 23.8 Å². The zero-order chi connectivity index (χ0) is 19.5. The van der Waals surface area contributed by atoms with E-state index in [2.05, 4.69) is 6.07 Å². The molecule has 1 aromatic carbocycles. The second-order valence-electron chi connectivity index (χ2n) is 7.30. The van der Waals surface area contributed by atoms with Crippen LogP contribution in [0.25, 0.3) is 0 Å². The fraction of sp³-hybridized carbons (Fsp3) is 0.600. The van der Waals surface area contributed by atoms with E-state index in [0.29, 0.717) is 49.7 Å². The average molecular weight is 375 g/mol. The zero-order valence-electron chi connectivity index (χ0n) is 15.7. The maximum Gasteiger partial charge on any atom is 0.508 e. The third-order valence-corrected chi connectivity index (χ3v) is 5.61. The summed E-state index contributed by atoms with van der Waals surface area (Å²) in [5.41, 5.74) is 0.102. The summed E-state index contributed by atoms with van der Waals surface area (Å²) in [5.74, 6) is 0.698. The van der Waals surface area contributed by atoms with Crippen LogP contribution in [0.5, 0.6) is 11.5 Å². The summed E-state index contributed by atoms with van der Waals surface area (Å²) in [7, 11) is 3.02. The Morgan fingerprint density at radius 3 is 2.44 bits per heavy atom. The van der Waals surface area contributed by atoms with Crippen molar-refractivity contribution >= 4 is 6.16 Å². The molecule has 0 heterocycles. The Balaban J connectivity index is 1.81. The van der Waals surface area contributed by atoms with Gasteiger partial charge in [0.25, 0.3) is 0 Å². The summed E-state index contributed by atoms with van der Waals surface area (Å²) in [4.78, 5) is 11.0. The fourth-order valence-electron chi connectivity index (χ4n) is 3.61. The number of methoxy groups -OCH3 is 2. The number of carboxylic acid groups (broad SMARTS) is 1. The minimum Gasteiger partial charge on any atom is -0.493 e. The highest BCUT2D eigenvalue weighted by molar-refractivity contribution is 5.57. The Morgan fingerprint density at radius 2 is 1.93 bits per heavy atom. The minimum absolute atomic E-state index is 0.313. The summed E-state index contributed by atoms with van der Waals surface area (Å²) in [6, 6.07) is 8.01. The highest BCUT2D eigenvalue weighted by atomic mass is 16.8. The van der Waals surface area contributed by atoms with Crippen molar-refractivity contribution in [3.63, 3.8) is 0 Å². The molecule has 0 saturated heterocycles. The van der Waals surface area contributed by atoms with Crippen molar-refractivity contribution in [1.82, 2.24) is 0 Å². The van der Waals surface area contributed by atoms with E-state index in [1.807, 2.05) is 18.2 Å². The number of rotatable bonds is 7. The van der Waals surface area contributed by atoms with Crippen molar-refractivity contribution in [2.24, 2.45) is 5.92 Å². The summed E-state index contributed by atoms with van der Waals surface area (Å²) in [6.45, 7) is 0.651. The van der Waals surface area contributed by atoms with Crippen LogP contribution in [0, 0.1) is 17.2 Å². The van der Waals surface area contributed by atoms with Gasteiger partial charge in [0.05, 0.1) is 25.2 Å². The first-order chi connectivity index (χ1) is 13.0. The Bertz CT molecular complexity index is 728. The molecule has 0 spiro atoms. The van der Waals surface area contributed by atoms with Crippen molar-refractivity contribution in [2.75, 3.05) is 20.8 Å². The van der Waals surface area contributed by atoms with Gasteiger partial charge >= 0.3 is 6.16 Å². The standard InChI is InChI=1S/C20H25NO6/c1-24-16-6-5-15(11-17(16)26-12-14-3-4-14)19(13-21)7-9-20(25-2,10-8-19)27-18(22)23/h5-6,11,14H,3-4,7-10,12H2,1-2H3,(H,22,23)/t19-,20-. The molecule has 0 unspecified atom stereocenters. The van der Waals surface area contributed by atoms with E-state index in [-0.39, 0.29) is 0 Å². The van der Waals surface area contributed by atoms with Crippen LogP contribution >= 0.6 is 0 Å². The zero-order valence-corrected chi connectivity index (χ0v) is 15.7. The van der Waals surface area contributed by atoms with Gasteiger partial charge in [-0.1, -0.05) is 6.07 Å². The van der Waals surface area contributed by atoms with Gasteiger partial charge in [-0.3, -0.25) is 0 Å². The molecule has 3 rings (SSSR count). The number of hydrogen-bond donors (Lipinski definition) is 1. The summed E-state index contributed by atoms with van der Waals surface area (Å²) in [6.07, 6.45) is 2.49. The van der Waals surface area contributed by atoms with Crippen LogP contribution in [0.4, 0.5) is 4.79 Å². The second-order valence-corrected chi connectivity index (χ2v) is 7.30. The third-order valence-electron chi connectivity index (χ3n) is 5.61. The molecule has 1 N–H and O–H groups in total. The maximum atomic E-state index is 11.0. The van der Waals surface area contributed by atoms with E-state index >= 15 is 0 Å². The van der Waals surface area contributed by atoms with Gasteiger partial charge in [-0.15, -0.1) is 0 Å². The van der Waals surface area contributed by atoms with E-state index in [4.69, 9.17) is 24.1 Å². The molecular formula is C20H25NO6. The first kappa shape index (κ1) is 19.3. The topological polar surface area (TPSA) is 98.0 Å². The third kappa shape index (κ3) is 4.11. The smallest absolute Gasteiger partial charge is 0.493 e.